The highest BCUT2D eigenvalue weighted by Gasteiger charge is 2.30. The highest BCUT2D eigenvalue weighted by atomic mass is 32.1. The molecular formula is C26H25BN6O3S. The summed E-state index contributed by atoms with van der Waals surface area (Å²) in [6.45, 7) is 2.39. The van der Waals surface area contributed by atoms with Gasteiger partial charge in [0.05, 0.1) is 34.3 Å². The fourth-order valence-corrected chi connectivity index (χ4v) is 5.53. The first kappa shape index (κ1) is 24.9. The lowest BCUT2D eigenvalue weighted by Crippen LogP contribution is -2.30. The van der Waals surface area contributed by atoms with Gasteiger partial charge in [-0.2, -0.15) is 5.10 Å². The van der Waals surface area contributed by atoms with Crippen LogP contribution in [0.5, 0.6) is 0 Å². The van der Waals surface area contributed by atoms with E-state index in [-0.39, 0.29) is 11.8 Å². The lowest BCUT2D eigenvalue weighted by Gasteiger charge is -2.18. The average Bonchev–Trinajstić information content (AvgIpc) is 3.47. The van der Waals surface area contributed by atoms with Crippen molar-refractivity contribution in [3.63, 3.8) is 0 Å². The van der Waals surface area contributed by atoms with E-state index in [1.54, 1.807) is 43.6 Å². The minimum absolute atomic E-state index is 0.140. The molecule has 1 aliphatic carbocycles. The van der Waals surface area contributed by atoms with Gasteiger partial charge in [0.15, 0.2) is 5.13 Å². The Bertz CT molecular complexity index is 1480. The van der Waals surface area contributed by atoms with Gasteiger partial charge >= 0.3 is 0 Å². The van der Waals surface area contributed by atoms with Gasteiger partial charge in [-0.1, -0.05) is 22.9 Å². The Morgan fingerprint density at radius 3 is 2.81 bits per heavy atom. The van der Waals surface area contributed by atoms with Crippen LogP contribution in [0.4, 0.5) is 5.13 Å². The Kier molecular flexibility index (Phi) is 6.90. The van der Waals surface area contributed by atoms with Crippen molar-refractivity contribution >= 4 is 41.6 Å². The molecule has 11 heteroatoms. The number of amides is 2. The summed E-state index contributed by atoms with van der Waals surface area (Å²) >= 11 is 1.42. The smallest absolute Gasteiger partial charge is 0.253 e. The summed E-state index contributed by atoms with van der Waals surface area (Å²) in [5, 5.41) is 8.34. The normalized spacial score (nSPS) is 12.1. The molecule has 3 heterocycles. The maximum atomic E-state index is 12.9. The Morgan fingerprint density at radius 1 is 1.27 bits per heavy atom. The van der Waals surface area contributed by atoms with Crippen molar-refractivity contribution in [2.75, 3.05) is 32.6 Å². The van der Waals surface area contributed by atoms with Gasteiger partial charge in [-0.05, 0) is 37.1 Å². The van der Waals surface area contributed by atoms with E-state index < -0.39 is 0 Å². The van der Waals surface area contributed by atoms with Crippen LogP contribution in [0.1, 0.15) is 28.5 Å². The Hall–Kier alpha value is -3.83. The molecule has 2 amide bonds. The van der Waals surface area contributed by atoms with Crippen LogP contribution in [0.15, 0.2) is 42.7 Å². The molecule has 1 N–H and O–H groups in total. The molecule has 0 aliphatic heterocycles. The number of aromatic nitrogens is 4. The Balaban J connectivity index is 1.62. The molecule has 4 aromatic rings. The first-order valence-electron chi connectivity index (χ1n) is 11.8. The first-order valence-corrected chi connectivity index (χ1v) is 12.6. The number of ether oxygens (including phenoxy) is 1. The molecular weight excluding hydrogens is 487 g/mol. The number of methoxy groups -OCH3 is 1. The molecule has 0 atom stereocenters. The highest BCUT2D eigenvalue weighted by molar-refractivity contribution is 7.19. The molecule has 1 aromatic carbocycles. The molecule has 186 valence electrons. The Morgan fingerprint density at radius 2 is 2.11 bits per heavy atom. The minimum Gasteiger partial charge on any atom is -0.383 e. The van der Waals surface area contributed by atoms with Gasteiger partial charge in [0.25, 0.3) is 5.91 Å². The topological polar surface area (TPSA) is 102 Å². The lowest BCUT2D eigenvalue weighted by atomic mass is 9.91. The van der Waals surface area contributed by atoms with Gasteiger partial charge < -0.3 is 15.0 Å². The maximum Gasteiger partial charge on any atom is 0.253 e. The third-order valence-electron chi connectivity index (χ3n) is 6.21. The van der Waals surface area contributed by atoms with E-state index in [1.165, 1.54) is 18.3 Å². The summed E-state index contributed by atoms with van der Waals surface area (Å²) in [5.41, 5.74) is 6.15. The zero-order valence-electron chi connectivity index (χ0n) is 20.8. The molecule has 0 bridgehead atoms. The summed E-state index contributed by atoms with van der Waals surface area (Å²) in [4.78, 5) is 36.0. The third-order valence-corrected chi connectivity index (χ3v) is 7.23. The molecule has 37 heavy (non-hydrogen) atoms. The second kappa shape index (κ2) is 10.3. The van der Waals surface area contributed by atoms with Crippen LogP contribution in [0.25, 0.3) is 27.5 Å². The largest absolute Gasteiger partial charge is 0.383 e. The van der Waals surface area contributed by atoms with E-state index in [1.807, 2.05) is 22.9 Å². The number of pyridine rings is 1. The van der Waals surface area contributed by atoms with Crippen molar-refractivity contribution in [3.05, 3.63) is 59.5 Å². The third kappa shape index (κ3) is 4.79. The molecule has 0 fully saturated rings. The fourth-order valence-electron chi connectivity index (χ4n) is 4.41. The number of benzene rings is 1. The number of fused-ring (bicyclic) bond motifs is 3. The molecule has 0 saturated carbocycles. The number of nitrogens with one attached hydrogen (secondary N) is 1. The summed E-state index contributed by atoms with van der Waals surface area (Å²) in [7, 11) is 9.86. The zero-order valence-corrected chi connectivity index (χ0v) is 21.6. The number of hydrogen-bond donors (Lipinski definition) is 1. The van der Waals surface area contributed by atoms with E-state index in [9.17, 15) is 9.59 Å². The van der Waals surface area contributed by atoms with Crippen molar-refractivity contribution in [2.24, 2.45) is 0 Å². The number of rotatable bonds is 7. The van der Waals surface area contributed by atoms with E-state index >= 15 is 0 Å². The number of aryl methyl sites for hydroxylation is 1. The molecule has 0 spiro atoms. The van der Waals surface area contributed by atoms with Gasteiger partial charge in [-0.3, -0.25) is 14.6 Å². The quantitative estimate of drug-likeness (QED) is 0.382. The summed E-state index contributed by atoms with van der Waals surface area (Å²) in [6.07, 6.45) is 4.98. The van der Waals surface area contributed by atoms with Crippen LogP contribution >= 0.6 is 11.3 Å². The van der Waals surface area contributed by atoms with Crippen LogP contribution in [0.2, 0.25) is 0 Å². The molecule has 9 nitrogen and oxygen atoms in total. The molecule has 3 aromatic heterocycles. The predicted octanol–water partition coefficient (Wildman–Crippen LogP) is 2.63. The van der Waals surface area contributed by atoms with Crippen molar-refractivity contribution in [2.45, 2.75) is 19.8 Å². The number of thiazole rings is 1. The Labute approximate surface area is 219 Å². The number of hydrogen-bond acceptors (Lipinski definition) is 7. The van der Waals surface area contributed by atoms with E-state index in [4.69, 9.17) is 17.7 Å². The second-order valence-electron chi connectivity index (χ2n) is 8.80. The predicted molar refractivity (Wildman–Crippen MR) is 144 cm³/mol. The zero-order chi connectivity index (χ0) is 26.1. The van der Waals surface area contributed by atoms with Crippen LogP contribution in [0.3, 0.4) is 0 Å². The van der Waals surface area contributed by atoms with Crippen LogP contribution in [-0.2, 0) is 22.4 Å². The number of likely N-dealkylation sites (N-methyl/N-ethyl adjacent to an activating group) is 1. The fraction of sp³-hybridized carbons (Fsp3) is 0.269. The number of nitrogens with zero attached hydrogens (tertiary/aromatic N) is 5. The summed E-state index contributed by atoms with van der Waals surface area (Å²) < 4.78 is 6.90. The second-order valence-corrected chi connectivity index (χ2v) is 9.80. The van der Waals surface area contributed by atoms with E-state index in [0.717, 1.165) is 45.9 Å². The van der Waals surface area contributed by atoms with Crippen molar-refractivity contribution in [1.82, 2.24) is 24.6 Å². The van der Waals surface area contributed by atoms with Crippen LogP contribution in [0, 0.1) is 0 Å². The van der Waals surface area contributed by atoms with Crippen LogP contribution < -0.4 is 10.8 Å². The summed E-state index contributed by atoms with van der Waals surface area (Å²) in [5.74, 6) is -0.311. The van der Waals surface area contributed by atoms with Crippen molar-refractivity contribution in [3.8, 4) is 27.5 Å². The summed E-state index contributed by atoms with van der Waals surface area (Å²) in [6, 6.07) is 9.11. The van der Waals surface area contributed by atoms with Gasteiger partial charge in [0.1, 0.15) is 7.85 Å². The van der Waals surface area contributed by atoms with Crippen molar-refractivity contribution < 1.29 is 14.3 Å². The maximum absolute atomic E-state index is 12.9. The monoisotopic (exact) mass is 512 g/mol. The molecule has 5 rings (SSSR count). The number of carbonyl (C=O) groups is 2. The van der Waals surface area contributed by atoms with Gasteiger partial charge in [0.2, 0.25) is 5.91 Å². The molecule has 1 aliphatic rings. The average molecular weight is 512 g/mol. The lowest BCUT2D eigenvalue weighted by molar-refractivity contribution is -0.114. The van der Waals surface area contributed by atoms with Gasteiger partial charge in [-0.15, -0.1) is 0 Å². The van der Waals surface area contributed by atoms with Crippen molar-refractivity contribution in [1.29, 1.82) is 0 Å². The highest BCUT2D eigenvalue weighted by Crippen LogP contribution is 2.43. The van der Waals surface area contributed by atoms with Gasteiger partial charge in [-0.25, -0.2) is 9.67 Å². The first-order chi connectivity index (χ1) is 17.9. The molecule has 2 radical (unpaired) electrons. The van der Waals surface area contributed by atoms with E-state index in [2.05, 4.69) is 15.3 Å². The molecule has 0 saturated heterocycles. The minimum atomic E-state index is -0.171. The van der Waals surface area contributed by atoms with Crippen LogP contribution in [-0.4, -0.2) is 71.6 Å². The number of anilines is 1. The SMILES string of the molecule is [B]c1cc(C(=O)N(C)CCOC)ccc1-n1nc(-c2cccnc2)c2c1-c1sc(NC(C)=O)nc1CC2. The van der Waals surface area contributed by atoms with E-state index in [0.29, 0.717) is 35.0 Å². The number of carbonyl (C=O) groups excluding carboxylic acids is 2. The van der Waals surface area contributed by atoms with Gasteiger partial charge in [0, 0.05) is 56.7 Å². The molecule has 0 unspecified atom stereocenters. The standard InChI is InChI=1S/C26H25BN6O3S/c1-15(34)29-26-30-20-8-7-18-22(17-5-4-10-28-14-17)31-33(23(18)24(20)37-26)21-9-6-16(13-19(21)27)25(35)32(2)11-12-36-3/h4-6,9-10,13-14H,7-8,11-12H2,1-3H3,(H,29,30,34).